The molecule has 1 saturated carbocycles. The smallest absolute Gasteiger partial charge is 0.250 e. The van der Waals surface area contributed by atoms with Gasteiger partial charge in [-0.3, -0.25) is 0 Å². The zero-order chi connectivity index (χ0) is 13.9. The summed E-state index contributed by atoms with van der Waals surface area (Å²) in [5.41, 5.74) is 6.85. The zero-order valence-corrected chi connectivity index (χ0v) is 11.7. The second-order valence-corrected chi connectivity index (χ2v) is 5.33. The summed E-state index contributed by atoms with van der Waals surface area (Å²) in [5, 5.41) is 12.1. The van der Waals surface area contributed by atoms with Crippen LogP contribution in [-0.2, 0) is 0 Å². The van der Waals surface area contributed by atoms with E-state index in [-0.39, 0.29) is 0 Å². The lowest BCUT2D eigenvalue weighted by molar-refractivity contribution is 0.467. The Labute approximate surface area is 118 Å². The van der Waals surface area contributed by atoms with E-state index in [9.17, 15) is 0 Å². The molecule has 0 aliphatic heterocycles. The van der Waals surface area contributed by atoms with E-state index < -0.39 is 0 Å². The van der Waals surface area contributed by atoms with Gasteiger partial charge in [-0.2, -0.15) is 4.68 Å². The standard InChI is InChI=1S/C14H20N6/c1-19(13-9-5-6-11(13)10-15)14-16-17-18-20(14)12-7-3-2-4-8-12/h2-4,7-8,11,13H,5-6,9-10,15H2,1H3. The van der Waals surface area contributed by atoms with Crippen molar-refractivity contribution in [3.63, 3.8) is 0 Å². The van der Waals surface area contributed by atoms with Gasteiger partial charge in [0.25, 0.3) is 0 Å². The summed E-state index contributed by atoms with van der Waals surface area (Å²) in [4.78, 5) is 2.18. The molecule has 1 fully saturated rings. The number of hydrogen-bond acceptors (Lipinski definition) is 5. The van der Waals surface area contributed by atoms with E-state index >= 15 is 0 Å². The Morgan fingerprint density at radius 1 is 1.30 bits per heavy atom. The molecule has 1 aliphatic rings. The minimum Gasteiger partial charge on any atom is -0.339 e. The minimum atomic E-state index is 0.425. The molecule has 0 spiro atoms. The molecule has 1 heterocycles. The monoisotopic (exact) mass is 272 g/mol. The predicted molar refractivity (Wildman–Crippen MR) is 77.7 cm³/mol. The first-order chi connectivity index (χ1) is 9.81. The molecular weight excluding hydrogens is 252 g/mol. The Morgan fingerprint density at radius 2 is 2.10 bits per heavy atom. The van der Waals surface area contributed by atoms with Crippen LogP contribution in [0.4, 0.5) is 5.95 Å². The first-order valence-electron chi connectivity index (χ1n) is 7.08. The summed E-state index contributed by atoms with van der Waals surface area (Å²) in [6.45, 7) is 0.724. The Morgan fingerprint density at radius 3 is 2.85 bits per heavy atom. The maximum absolute atomic E-state index is 5.88. The van der Waals surface area contributed by atoms with Crippen molar-refractivity contribution in [1.82, 2.24) is 20.2 Å². The third-order valence-electron chi connectivity index (χ3n) is 4.19. The maximum Gasteiger partial charge on any atom is 0.250 e. The van der Waals surface area contributed by atoms with E-state index in [0.717, 1.165) is 24.6 Å². The maximum atomic E-state index is 5.88. The van der Waals surface area contributed by atoms with E-state index in [1.54, 1.807) is 4.68 Å². The van der Waals surface area contributed by atoms with E-state index in [1.807, 2.05) is 30.3 Å². The van der Waals surface area contributed by atoms with Crippen molar-refractivity contribution < 1.29 is 0 Å². The topological polar surface area (TPSA) is 72.9 Å². The summed E-state index contributed by atoms with van der Waals surface area (Å²) in [7, 11) is 2.06. The summed E-state index contributed by atoms with van der Waals surface area (Å²) in [6.07, 6.45) is 3.57. The van der Waals surface area contributed by atoms with E-state index in [1.165, 1.54) is 12.8 Å². The van der Waals surface area contributed by atoms with Crippen LogP contribution < -0.4 is 10.6 Å². The SMILES string of the molecule is CN(c1nnnn1-c1ccccc1)C1CCCC1CN. The molecule has 2 unspecified atom stereocenters. The predicted octanol–water partition coefficient (Wildman–Crippen LogP) is 1.23. The zero-order valence-electron chi connectivity index (χ0n) is 11.7. The molecule has 2 atom stereocenters. The second kappa shape index (κ2) is 5.58. The second-order valence-electron chi connectivity index (χ2n) is 5.33. The van der Waals surface area contributed by atoms with Gasteiger partial charge in [-0.15, -0.1) is 0 Å². The van der Waals surface area contributed by atoms with Gasteiger partial charge >= 0.3 is 0 Å². The number of para-hydroxylation sites is 1. The Bertz CT molecular complexity index is 552. The van der Waals surface area contributed by atoms with Crippen LogP contribution in [0.5, 0.6) is 0 Å². The number of aromatic nitrogens is 4. The molecule has 0 amide bonds. The number of benzene rings is 1. The minimum absolute atomic E-state index is 0.425. The largest absolute Gasteiger partial charge is 0.339 e. The molecule has 0 saturated heterocycles. The number of nitrogens with two attached hydrogens (primary N) is 1. The van der Waals surface area contributed by atoms with Gasteiger partial charge < -0.3 is 10.6 Å². The molecule has 3 rings (SSSR count). The van der Waals surface area contributed by atoms with Crippen molar-refractivity contribution in [2.24, 2.45) is 11.7 Å². The van der Waals surface area contributed by atoms with Gasteiger partial charge in [0.15, 0.2) is 0 Å². The lowest BCUT2D eigenvalue weighted by Crippen LogP contribution is -2.39. The van der Waals surface area contributed by atoms with E-state index in [4.69, 9.17) is 5.73 Å². The molecule has 20 heavy (non-hydrogen) atoms. The van der Waals surface area contributed by atoms with Crippen molar-refractivity contribution in [3.8, 4) is 5.69 Å². The lowest BCUT2D eigenvalue weighted by Gasteiger charge is -2.29. The van der Waals surface area contributed by atoms with Crippen LogP contribution in [0.2, 0.25) is 0 Å². The van der Waals surface area contributed by atoms with Crippen molar-refractivity contribution in [2.75, 3.05) is 18.5 Å². The van der Waals surface area contributed by atoms with Crippen molar-refractivity contribution in [3.05, 3.63) is 30.3 Å². The van der Waals surface area contributed by atoms with Gasteiger partial charge in [0.2, 0.25) is 5.95 Å². The fourth-order valence-electron chi connectivity index (χ4n) is 3.09. The summed E-state index contributed by atoms with van der Waals surface area (Å²) in [6, 6.07) is 10.4. The molecule has 1 aliphatic carbocycles. The molecule has 2 aromatic rings. The molecular formula is C14H20N6. The fraction of sp³-hybridized carbons (Fsp3) is 0.500. The molecule has 0 radical (unpaired) electrons. The van der Waals surface area contributed by atoms with Crippen molar-refractivity contribution >= 4 is 5.95 Å². The third kappa shape index (κ3) is 2.27. The first kappa shape index (κ1) is 13.1. The van der Waals surface area contributed by atoms with Crippen LogP contribution in [0.1, 0.15) is 19.3 Å². The number of hydrogen-bond donors (Lipinski definition) is 1. The van der Waals surface area contributed by atoms with Crippen molar-refractivity contribution in [1.29, 1.82) is 0 Å². The molecule has 106 valence electrons. The van der Waals surface area contributed by atoms with Crippen LogP contribution in [0, 0.1) is 5.92 Å². The average molecular weight is 272 g/mol. The van der Waals surface area contributed by atoms with Crippen molar-refractivity contribution in [2.45, 2.75) is 25.3 Å². The number of tetrazole rings is 1. The average Bonchev–Trinajstić information content (AvgIpc) is 3.16. The number of rotatable bonds is 4. The molecule has 1 aromatic carbocycles. The Balaban J connectivity index is 1.90. The van der Waals surface area contributed by atoms with Crippen LogP contribution >= 0.6 is 0 Å². The quantitative estimate of drug-likeness (QED) is 0.906. The number of anilines is 1. The first-order valence-corrected chi connectivity index (χ1v) is 7.08. The molecule has 2 N–H and O–H groups in total. The highest BCUT2D eigenvalue weighted by atomic mass is 15.6. The van der Waals surface area contributed by atoms with Gasteiger partial charge in [0.05, 0.1) is 5.69 Å². The fourth-order valence-corrected chi connectivity index (χ4v) is 3.09. The van der Waals surface area contributed by atoms with Crippen LogP contribution in [-0.4, -0.2) is 39.8 Å². The molecule has 1 aromatic heterocycles. The van der Waals surface area contributed by atoms with Crippen LogP contribution in [0.15, 0.2) is 30.3 Å². The molecule has 6 heteroatoms. The highest BCUT2D eigenvalue weighted by molar-refractivity contribution is 5.41. The third-order valence-corrected chi connectivity index (χ3v) is 4.19. The van der Waals surface area contributed by atoms with Gasteiger partial charge in [0, 0.05) is 13.1 Å². The normalized spacial score (nSPS) is 22.1. The van der Waals surface area contributed by atoms with E-state index in [0.29, 0.717) is 12.0 Å². The van der Waals surface area contributed by atoms with Gasteiger partial charge in [-0.1, -0.05) is 29.7 Å². The Hall–Kier alpha value is -1.95. The summed E-state index contributed by atoms with van der Waals surface area (Å²) < 4.78 is 1.78. The van der Waals surface area contributed by atoms with Crippen LogP contribution in [0.3, 0.4) is 0 Å². The molecule has 0 bridgehead atoms. The lowest BCUT2D eigenvalue weighted by atomic mass is 10.0. The van der Waals surface area contributed by atoms with E-state index in [2.05, 4.69) is 27.5 Å². The highest BCUT2D eigenvalue weighted by Gasteiger charge is 2.31. The van der Waals surface area contributed by atoms with Gasteiger partial charge in [-0.05, 0) is 47.9 Å². The summed E-state index contributed by atoms with van der Waals surface area (Å²) in [5.74, 6) is 1.31. The molecule has 6 nitrogen and oxygen atoms in total. The van der Waals surface area contributed by atoms with Crippen LogP contribution in [0.25, 0.3) is 5.69 Å². The van der Waals surface area contributed by atoms with Gasteiger partial charge in [-0.25, -0.2) is 0 Å². The Kier molecular flexibility index (Phi) is 3.64. The summed E-state index contributed by atoms with van der Waals surface area (Å²) >= 11 is 0. The van der Waals surface area contributed by atoms with Gasteiger partial charge in [0.1, 0.15) is 0 Å². The number of nitrogens with zero attached hydrogens (tertiary/aromatic N) is 5. The highest BCUT2D eigenvalue weighted by Crippen LogP contribution is 2.31.